The van der Waals surface area contributed by atoms with E-state index < -0.39 is 28.9 Å². The van der Waals surface area contributed by atoms with Gasteiger partial charge >= 0.3 is 11.7 Å². The zero-order valence-electron chi connectivity index (χ0n) is 23.6. The second-order valence-electron chi connectivity index (χ2n) is 10.2. The highest BCUT2D eigenvalue weighted by atomic mass is 32.2. The Morgan fingerprint density at radius 1 is 1.36 bits per heavy atom. The van der Waals surface area contributed by atoms with Crippen molar-refractivity contribution in [3.8, 4) is 5.75 Å². The van der Waals surface area contributed by atoms with Crippen molar-refractivity contribution in [2.75, 3.05) is 25.5 Å². The Labute approximate surface area is 233 Å². The molecule has 2 amide bonds. The van der Waals surface area contributed by atoms with Gasteiger partial charge in [-0.2, -0.15) is 0 Å². The van der Waals surface area contributed by atoms with E-state index in [0.29, 0.717) is 54.0 Å². The lowest BCUT2D eigenvalue weighted by Gasteiger charge is -2.24. The predicted octanol–water partition coefficient (Wildman–Crippen LogP) is 4.37. The monoisotopic (exact) mass is 564 g/mol. The summed E-state index contributed by atoms with van der Waals surface area (Å²) in [6.45, 7) is 15.4. The van der Waals surface area contributed by atoms with Crippen molar-refractivity contribution >= 4 is 34.5 Å². The van der Waals surface area contributed by atoms with Gasteiger partial charge < -0.3 is 29.4 Å². The summed E-state index contributed by atoms with van der Waals surface area (Å²) in [7, 11) is 0. The molecule has 0 aliphatic carbocycles. The van der Waals surface area contributed by atoms with Crippen LogP contribution in [-0.4, -0.2) is 59.4 Å². The minimum Gasteiger partial charge on any atom is -0.489 e. The molecule has 0 saturated carbocycles. The minimum absolute atomic E-state index is 0.244. The van der Waals surface area contributed by atoms with Crippen LogP contribution in [0.2, 0.25) is 0 Å². The molecule has 0 saturated heterocycles. The number of hydrogen-bond donors (Lipinski definition) is 2. The number of carbonyl (C=O) groups excluding carboxylic acids is 2. The van der Waals surface area contributed by atoms with E-state index >= 15 is 0 Å². The lowest BCUT2D eigenvalue weighted by atomic mass is 10.0. The highest BCUT2D eigenvalue weighted by molar-refractivity contribution is 8.16. The standard InChI is InChI=1S/C27H40N4O7S/c1-8-11-20(21-15-19(35-13-9-2)16-22(32)37-21)29-24(33)27(7)17-39-23(30-27)18(3)31-36-14-10-12-28-25(34)38-26(4,5)6/h9,15-16,20H,2,8,10-14,17H2,1,3-7H3,(H,28,34)(H,29,33)/b31-18+/t20-,27?/m1/s1. The molecule has 2 atom stereocenters. The first kappa shape index (κ1) is 31.9. The van der Waals surface area contributed by atoms with Crippen molar-refractivity contribution in [1.82, 2.24) is 10.6 Å². The molecule has 39 heavy (non-hydrogen) atoms. The van der Waals surface area contributed by atoms with Crippen LogP contribution in [0.3, 0.4) is 0 Å². The van der Waals surface area contributed by atoms with Crippen molar-refractivity contribution in [3.05, 3.63) is 41.0 Å². The third-order valence-electron chi connectivity index (χ3n) is 5.28. The van der Waals surface area contributed by atoms with Gasteiger partial charge in [-0.05, 0) is 41.0 Å². The number of alkyl carbamates (subject to hydrolysis) is 1. The van der Waals surface area contributed by atoms with Crippen LogP contribution in [0.15, 0.2) is 44.1 Å². The third kappa shape index (κ3) is 10.8. The lowest BCUT2D eigenvalue weighted by Crippen LogP contribution is -2.45. The van der Waals surface area contributed by atoms with E-state index in [0.717, 1.165) is 6.42 Å². The quantitative estimate of drug-likeness (QED) is 0.147. The van der Waals surface area contributed by atoms with Crippen LogP contribution >= 0.6 is 11.8 Å². The number of nitrogens with one attached hydrogen (secondary N) is 2. The first-order chi connectivity index (χ1) is 18.4. The zero-order valence-corrected chi connectivity index (χ0v) is 24.4. The van der Waals surface area contributed by atoms with Crippen LogP contribution in [0, 0.1) is 0 Å². The van der Waals surface area contributed by atoms with E-state index in [1.54, 1.807) is 46.8 Å². The Kier molecular flexibility index (Phi) is 12.1. The maximum atomic E-state index is 13.3. The van der Waals surface area contributed by atoms with Gasteiger partial charge in [-0.3, -0.25) is 9.79 Å². The summed E-state index contributed by atoms with van der Waals surface area (Å²) < 4.78 is 16.1. The number of aliphatic imine (C=N–C) groups is 1. The smallest absolute Gasteiger partial charge is 0.407 e. The topological polar surface area (TPSA) is 141 Å². The van der Waals surface area contributed by atoms with Crippen LogP contribution < -0.4 is 21.0 Å². The summed E-state index contributed by atoms with van der Waals surface area (Å²) in [6, 6.07) is 2.35. The summed E-state index contributed by atoms with van der Waals surface area (Å²) >= 11 is 1.42. The molecule has 1 aliphatic rings. The van der Waals surface area contributed by atoms with Crippen LogP contribution in [0.4, 0.5) is 4.79 Å². The fraction of sp³-hybridized carbons (Fsp3) is 0.593. The van der Waals surface area contributed by atoms with E-state index in [9.17, 15) is 14.4 Å². The molecule has 2 N–H and O–H groups in total. The second kappa shape index (κ2) is 14.8. The highest BCUT2D eigenvalue weighted by Crippen LogP contribution is 2.30. The van der Waals surface area contributed by atoms with E-state index in [4.69, 9.17) is 18.7 Å². The number of thioether (sulfide) groups is 1. The molecule has 0 aromatic carbocycles. The molecule has 2 heterocycles. The highest BCUT2D eigenvalue weighted by Gasteiger charge is 2.40. The zero-order chi connectivity index (χ0) is 29.1. The van der Waals surface area contributed by atoms with Crippen molar-refractivity contribution in [2.24, 2.45) is 10.1 Å². The van der Waals surface area contributed by atoms with Gasteiger partial charge in [0.1, 0.15) is 46.6 Å². The normalized spacial score (nSPS) is 18.1. The Bertz CT molecular complexity index is 1130. The van der Waals surface area contributed by atoms with Crippen molar-refractivity contribution in [1.29, 1.82) is 0 Å². The van der Waals surface area contributed by atoms with Gasteiger partial charge in [-0.15, -0.1) is 11.8 Å². The first-order valence-electron chi connectivity index (χ1n) is 12.9. The Morgan fingerprint density at radius 2 is 2.10 bits per heavy atom. The van der Waals surface area contributed by atoms with E-state index in [1.165, 1.54) is 17.8 Å². The second-order valence-corrected chi connectivity index (χ2v) is 11.2. The van der Waals surface area contributed by atoms with Crippen molar-refractivity contribution in [2.45, 2.75) is 78.0 Å². The molecule has 0 spiro atoms. The minimum atomic E-state index is -1.03. The molecule has 2 rings (SSSR count). The van der Waals surface area contributed by atoms with Crippen LogP contribution in [-0.2, 0) is 14.4 Å². The Balaban J connectivity index is 1.96. The molecule has 11 nitrogen and oxygen atoms in total. The number of amides is 2. The molecule has 1 aromatic rings. The summed E-state index contributed by atoms with van der Waals surface area (Å²) in [5.74, 6) is 0.811. The van der Waals surface area contributed by atoms with Crippen LogP contribution in [0.5, 0.6) is 5.75 Å². The van der Waals surface area contributed by atoms with E-state index in [2.05, 4.69) is 27.4 Å². The van der Waals surface area contributed by atoms with Crippen LogP contribution in [0.25, 0.3) is 0 Å². The van der Waals surface area contributed by atoms with Gasteiger partial charge in [-0.1, -0.05) is 31.2 Å². The number of carbonyl (C=O) groups is 2. The largest absolute Gasteiger partial charge is 0.489 e. The number of rotatable bonds is 14. The summed E-state index contributed by atoms with van der Waals surface area (Å²) in [5.41, 5.74) is -1.58. The lowest BCUT2D eigenvalue weighted by molar-refractivity contribution is -0.125. The number of nitrogens with zero attached hydrogens (tertiary/aromatic N) is 2. The first-order valence-corrected chi connectivity index (χ1v) is 13.9. The van der Waals surface area contributed by atoms with Gasteiger partial charge in [0.2, 0.25) is 5.91 Å². The molecule has 1 aliphatic heterocycles. The molecule has 0 fully saturated rings. The molecule has 0 bridgehead atoms. The average molecular weight is 565 g/mol. The molecule has 216 valence electrons. The van der Waals surface area contributed by atoms with E-state index in [1.807, 2.05) is 6.92 Å². The summed E-state index contributed by atoms with van der Waals surface area (Å²) in [6.07, 6.45) is 2.96. The number of ether oxygens (including phenoxy) is 2. The molecule has 1 unspecified atom stereocenters. The predicted molar refractivity (Wildman–Crippen MR) is 153 cm³/mol. The average Bonchev–Trinajstić information content (AvgIpc) is 3.26. The Morgan fingerprint density at radius 3 is 2.77 bits per heavy atom. The molecular formula is C27H40N4O7S. The molecule has 12 heteroatoms. The fourth-order valence-corrected chi connectivity index (χ4v) is 4.52. The van der Waals surface area contributed by atoms with Crippen LogP contribution in [0.1, 0.15) is 72.6 Å². The van der Waals surface area contributed by atoms with Crippen molar-refractivity contribution in [3.63, 3.8) is 0 Å². The summed E-state index contributed by atoms with van der Waals surface area (Å²) in [5, 5.41) is 10.4. The maximum Gasteiger partial charge on any atom is 0.407 e. The molecule has 1 aromatic heterocycles. The van der Waals surface area contributed by atoms with Gasteiger partial charge in [-0.25, -0.2) is 9.59 Å². The molecular weight excluding hydrogens is 524 g/mol. The Hall–Kier alpha value is -3.28. The molecule has 0 radical (unpaired) electrons. The maximum absolute atomic E-state index is 13.3. The van der Waals surface area contributed by atoms with E-state index in [-0.39, 0.29) is 12.5 Å². The SMILES string of the molecule is C=CCOc1cc([C@@H](CCC)NC(=O)C2(C)CSC(/C(C)=N/OCCCNC(=O)OC(C)(C)C)=N2)oc(=O)c1. The van der Waals surface area contributed by atoms with Gasteiger partial charge in [0.25, 0.3) is 0 Å². The van der Waals surface area contributed by atoms with Gasteiger partial charge in [0, 0.05) is 24.8 Å². The number of oxime groups is 1. The van der Waals surface area contributed by atoms with Gasteiger partial charge in [0.15, 0.2) is 0 Å². The van der Waals surface area contributed by atoms with Gasteiger partial charge in [0.05, 0.1) is 12.1 Å². The number of hydrogen-bond acceptors (Lipinski definition) is 10. The third-order valence-corrected chi connectivity index (χ3v) is 6.64. The fourth-order valence-electron chi connectivity index (χ4n) is 3.39. The summed E-state index contributed by atoms with van der Waals surface area (Å²) in [4.78, 5) is 47.0. The van der Waals surface area contributed by atoms with Crippen molar-refractivity contribution < 1.29 is 28.3 Å².